The first-order valence-corrected chi connectivity index (χ1v) is 25.7. The van der Waals surface area contributed by atoms with Crippen molar-refractivity contribution in [3.8, 4) is 52.6 Å². The van der Waals surface area contributed by atoms with Gasteiger partial charge in [0.25, 0.3) is 6.01 Å². The highest BCUT2D eigenvalue weighted by molar-refractivity contribution is 6.33. The second-order valence-corrected chi connectivity index (χ2v) is 20.5. The molecule has 11 heterocycles. The molecule has 6 aliphatic heterocycles. The Morgan fingerprint density at radius 1 is 0.851 bits per heavy atom. The molecule has 13 rings (SSSR count). The van der Waals surface area contributed by atoms with Crippen molar-refractivity contribution in [2.45, 2.75) is 68.2 Å². The van der Waals surface area contributed by atoms with Crippen molar-refractivity contribution in [1.82, 2.24) is 50.0 Å². The number of hydrogen-bond acceptors (Lipinski definition) is 17. The summed E-state index contributed by atoms with van der Waals surface area (Å²) in [5.74, 6) is 2.35. The summed E-state index contributed by atoms with van der Waals surface area (Å²) < 4.78 is 55.8. The lowest BCUT2D eigenvalue weighted by atomic mass is 9.96. The molecule has 6 atom stereocenters. The number of H-pyrrole nitrogens is 1. The summed E-state index contributed by atoms with van der Waals surface area (Å²) in [5.41, 5.74) is 2.48. The summed E-state index contributed by atoms with van der Waals surface area (Å²) in [6.07, 6.45) is 11.4. The molecule has 6 fully saturated rings. The number of rotatable bonds is 11. The van der Waals surface area contributed by atoms with E-state index in [-0.39, 0.29) is 70.3 Å². The van der Waals surface area contributed by atoms with Crippen LogP contribution in [-0.2, 0) is 9.47 Å². The molecule has 0 aliphatic carbocycles. The Morgan fingerprint density at radius 3 is 2.45 bits per heavy atom. The summed E-state index contributed by atoms with van der Waals surface area (Å²) in [5, 5.41) is 26.0. The third kappa shape index (κ3) is 8.73. The molecule has 6 saturated heterocycles. The number of imidazole rings is 1. The number of aliphatic hydroxyl groups is 1. The number of aliphatic hydroxyl groups excluding tert-OH is 1. The molecule has 0 saturated carbocycles. The van der Waals surface area contributed by atoms with Gasteiger partial charge in [-0.3, -0.25) is 19.8 Å². The summed E-state index contributed by atoms with van der Waals surface area (Å²) in [6.45, 7) is 8.27. The number of nitrogens with zero attached hydrogens (tertiary/aromatic N) is 10. The Morgan fingerprint density at radius 2 is 1.66 bits per heavy atom. The van der Waals surface area contributed by atoms with Crippen LogP contribution >= 0.6 is 11.6 Å². The van der Waals surface area contributed by atoms with Crippen LogP contribution in [0.1, 0.15) is 31.2 Å². The van der Waals surface area contributed by atoms with E-state index in [0.29, 0.717) is 77.4 Å². The smallest absolute Gasteiger partial charge is 0.319 e. The number of fused-ring (bicyclic) bond motifs is 6. The fraction of sp³-hybridized carbons (Fsp3) is 0.434. The van der Waals surface area contributed by atoms with Crippen LogP contribution in [0.25, 0.3) is 55.4 Å². The minimum Gasteiger partial charge on any atom is -0.508 e. The molecule has 21 heteroatoms. The summed E-state index contributed by atoms with van der Waals surface area (Å²) in [6, 6.07) is 12.7. The Balaban J connectivity index is 0.634. The fourth-order valence-electron chi connectivity index (χ4n) is 11.9. The average molecular weight is 1030 g/mol. The summed E-state index contributed by atoms with van der Waals surface area (Å²) >= 11 is 6.74. The lowest BCUT2D eigenvalue weighted by Gasteiger charge is -2.43. The van der Waals surface area contributed by atoms with Crippen LogP contribution in [0.3, 0.4) is 0 Å². The van der Waals surface area contributed by atoms with Crippen molar-refractivity contribution < 1.29 is 37.9 Å². The predicted octanol–water partition coefficient (Wildman–Crippen LogP) is 5.31. The number of benzene rings is 2. The molecule has 18 nitrogen and oxygen atoms in total. The number of aromatic amines is 1. The number of phenols is 1. The van der Waals surface area contributed by atoms with Gasteiger partial charge in [-0.25, -0.2) is 18.7 Å². The number of piperidine rings is 1. The third-order valence-electron chi connectivity index (χ3n) is 15.6. The van der Waals surface area contributed by atoms with Gasteiger partial charge in [0.1, 0.15) is 64.8 Å². The van der Waals surface area contributed by atoms with Gasteiger partial charge in [0, 0.05) is 106 Å². The van der Waals surface area contributed by atoms with Crippen molar-refractivity contribution in [2.24, 2.45) is 0 Å². The maximum atomic E-state index is 17.0. The molecule has 0 spiro atoms. The largest absolute Gasteiger partial charge is 0.508 e. The topological polar surface area (TPSA) is 195 Å². The third-order valence-corrected chi connectivity index (χ3v) is 15.9. The SMILES string of the molecule is C#Cc1c(F)ccc2cc(O)cc(-c3ncc4c(N5CC6CCC(C5)N6)nc(OCCN5CCN(C6CCN(c7ccc(-c8nc9[nH]c(O[C@@H]%10CO[C@H]%11[C@@H]%10OC[C@H]%11O)nc9cc8Cl)cn7)CC6)CC5)nc4c3F)c12. The van der Waals surface area contributed by atoms with Crippen molar-refractivity contribution in [3.05, 3.63) is 77.1 Å². The minimum absolute atomic E-state index is 0.0213. The van der Waals surface area contributed by atoms with Crippen molar-refractivity contribution >= 4 is 56.1 Å². The molecular weight excluding hydrogens is 974 g/mol. The lowest BCUT2D eigenvalue weighted by molar-refractivity contribution is 0.00706. The van der Waals surface area contributed by atoms with Gasteiger partial charge in [-0.15, -0.1) is 6.42 Å². The lowest BCUT2D eigenvalue weighted by Crippen LogP contribution is -2.53. The number of piperazine rings is 2. The van der Waals surface area contributed by atoms with Gasteiger partial charge in [0.2, 0.25) is 0 Å². The van der Waals surface area contributed by atoms with E-state index in [1.807, 2.05) is 18.3 Å². The molecular formula is C53H53ClF2N12O6. The van der Waals surface area contributed by atoms with Crippen LogP contribution in [0, 0.1) is 24.0 Å². The Kier molecular flexibility index (Phi) is 12.3. The Bertz CT molecular complexity index is 3320. The number of phenolic OH excluding ortho intramolecular Hbond substituents is 1. The number of aromatic hydroxyl groups is 1. The predicted molar refractivity (Wildman–Crippen MR) is 273 cm³/mol. The zero-order valence-corrected chi connectivity index (χ0v) is 41.0. The van der Waals surface area contributed by atoms with E-state index in [4.69, 9.17) is 51.9 Å². The fourth-order valence-corrected chi connectivity index (χ4v) is 12.1. The quantitative estimate of drug-likeness (QED) is 0.122. The zero-order chi connectivity index (χ0) is 50.2. The standard InChI is InChI=1S/C53H53ClF2N12O6/c1-2-34-38(55)7-3-28-19-33(69)20-35(43(28)34)46-44(56)47-36(23-58-46)51(68-24-30-5-6-31(25-68)59-30)64-52(62-47)71-18-17-65-13-15-66(16-14-65)32-9-11-67(12-10-32)42-8-4-29(22-57-42)45-37(54)21-39-50(61-45)63-53(60-39)74-41-27-73-48-40(70)26-72-49(41)48/h1,3-4,7-8,19-23,30-32,40-41,48-49,59,69-70H,5-6,9-18,24-27H2,(H,60,61,63)/t30?,31?,40-,41-,48-,49-/m1/s1. The number of pyridine rings is 3. The van der Waals surface area contributed by atoms with Gasteiger partial charge in [0.15, 0.2) is 17.6 Å². The molecule has 2 unspecified atom stereocenters. The summed E-state index contributed by atoms with van der Waals surface area (Å²) in [4.78, 5) is 40.8. The van der Waals surface area contributed by atoms with Crippen molar-refractivity contribution in [3.63, 3.8) is 0 Å². The number of anilines is 2. The van der Waals surface area contributed by atoms with E-state index in [1.54, 1.807) is 12.3 Å². The number of ether oxygens (including phenoxy) is 4. The maximum absolute atomic E-state index is 17.0. The molecule has 4 N–H and O–H groups in total. The van der Waals surface area contributed by atoms with Gasteiger partial charge in [-0.05, 0) is 67.5 Å². The highest BCUT2D eigenvalue weighted by Crippen LogP contribution is 2.40. The molecule has 0 amide bonds. The first-order chi connectivity index (χ1) is 36.1. The van der Waals surface area contributed by atoms with Gasteiger partial charge in [-0.2, -0.15) is 15.0 Å². The highest BCUT2D eigenvalue weighted by atomic mass is 35.5. The van der Waals surface area contributed by atoms with E-state index < -0.39 is 29.9 Å². The molecule has 2 bridgehead atoms. The van der Waals surface area contributed by atoms with Gasteiger partial charge < -0.3 is 44.3 Å². The van der Waals surface area contributed by atoms with Crippen LogP contribution in [0.4, 0.5) is 20.4 Å². The molecule has 5 aromatic heterocycles. The zero-order valence-electron chi connectivity index (χ0n) is 40.3. The monoisotopic (exact) mass is 1030 g/mol. The minimum atomic E-state index is -0.744. The van der Waals surface area contributed by atoms with E-state index >= 15 is 8.78 Å². The first kappa shape index (κ1) is 47.2. The van der Waals surface area contributed by atoms with Gasteiger partial charge in [-0.1, -0.05) is 23.6 Å². The van der Waals surface area contributed by atoms with Crippen LogP contribution in [0.5, 0.6) is 17.8 Å². The number of terminal acetylenes is 1. The number of hydrogen-bond donors (Lipinski definition) is 4. The molecule has 382 valence electrons. The normalized spacial score (nSPS) is 24.6. The molecule has 74 heavy (non-hydrogen) atoms. The molecule has 6 aliphatic rings. The Labute approximate surface area is 429 Å². The summed E-state index contributed by atoms with van der Waals surface area (Å²) in [7, 11) is 0. The van der Waals surface area contributed by atoms with E-state index in [9.17, 15) is 10.2 Å². The van der Waals surface area contributed by atoms with Crippen LogP contribution in [0.15, 0.2) is 54.9 Å². The molecule has 7 aromatic rings. The van der Waals surface area contributed by atoms with Crippen molar-refractivity contribution in [2.75, 3.05) is 88.5 Å². The highest BCUT2D eigenvalue weighted by Gasteiger charge is 2.49. The second kappa shape index (κ2) is 19.3. The number of nitrogens with one attached hydrogen (secondary N) is 2. The van der Waals surface area contributed by atoms with Crippen LogP contribution < -0.4 is 24.6 Å². The van der Waals surface area contributed by atoms with Crippen molar-refractivity contribution in [1.29, 1.82) is 0 Å². The maximum Gasteiger partial charge on any atom is 0.319 e. The molecule has 2 aromatic carbocycles. The van der Waals surface area contributed by atoms with Crippen LogP contribution in [-0.4, -0.2) is 176 Å². The second-order valence-electron chi connectivity index (χ2n) is 20.1. The van der Waals surface area contributed by atoms with E-state index in [0.717, 1.165) is 76.3 Å². The van der Waals surface area contributed by atoms with E-state index in [2.05, 4.69) is 50.8 Å². The first-order valence-electron chi connectivity index (χ1n) is 25.3. The number of halogens is 3. The average Bonchev–Trinajstić information content (AvgIpc) is 4.20. The van der Waals surface area contributed by atoms with Gasteiger partial charge in [0.05, 0.1) is 34.9 Å². The van der Waals surface area contributed by atoms with Crippen LogP contribution in [0.2, 0.25) is 5.02 Å². The molecule has 0 radical (unpaired) electrons. The van der Waals surface area contributed by atoms with Gasteiger partial charge >= 0.3 is 6.01 Å². The van der Waals surface area contributed by atoms with E-state index in [1.165, 1.54) is 24.3 Å². The Hall–Kier alpha value is -6.57. The number of aromatic nitrogens is 7.